The lowest BCUT2D eigenvalue weighted by Crippen LogP contribution is -2.15. The predicted molar refractivity (Wildman–Crippen MR) is 101 cm³/mol. The molecule has 0 radical (unpaired) electrons. The number of ether oxygens (including phenoxy) is 1. The molecule has 1 aromatic carbocycles. The highest BCUT2D eigenvalue weighted by Gasteiger charge is 2.21. The van der Waals surface area contributed by atoms with Crippen LogP contribution in [0.1, 0.15) is 33.3 Å². The van der Waals surface area contributed by atoms with Crippen LogP contribution in [0, 0.1) is 11.3 Å². The minimum atomic E-state index is -0.152. The number of nitriles is 1. The molecule has 0 amide bonds. The summed E-state index contributed by atoms with van der Waals surface area (Å²) in [6.07, 6.45) is 3.36. The molecule has 5 nitrogen and oxygen atoms in total. The van der Waals surface area contributed by atoms with Gasteiger partial charge in [-0.15, -0.1) is 0 Å². The van der Waals surface area contributed by atoms with Crippen LogP contribution in [0.25, 0.3) is 0 Å². The fraction of sp³-hybridized carbons (Fsp3) is 0.300. The van der Waals surface area contributed by atoms with Gasteiger partial charge in [0, 0.05) is 30.1 Å². The van der Waals surface area contributed by atoms with E-state index in [4.69, 9.17) is 4.74 Å². The maximum absolute atomic E-state index is 9.42. The molecule has 0 saturated heterocycles. The Balaban J connectivity index is 2.28. The summed E-state index contributed by atoms with van der Waals surface area (Å²) in [5, 5.41) is 15.7. The first-order valence-corrected chi connectivity index (χ1v) is 8.28. The number of hydrogen-bond acceptors (Lipinski definition) is 5. The fourth-order valence-corrected chi connectivity index (χ4v) is 2.25. The first-order chi connectivity index (χ1) is 11.9. The predicted octanol–water partition coefficient (Wildman–Crippen LogP) is 4.67. The molecule has 0 atom stereocenters. The molecule has 0 aliphatic carbocycles. The average molecular weight is 336 g/mol. The summed E-state index contributed by atoms with van der Waals surface area (Å²) in [6.45, 7) is 9.02. The molecule has 0 aliphatic rings. The fourth-order valence-electron chi connectivity index (χ4n) is 2.25. The Morgan fingerprint density at radius 1 is 1.28 bits per heavy atom. The van der Waals surface area contributed by atoms with Gasteiger partial charge in [-0.1, -0.05) is 39.0 Å². The first kappa shape index (κ1) is 18.3. The highest BCUT2D eigenvalue weighted by atomic mass is 16.5. The van der Waals surface area contributed by atoms with E-state index < -0.39 is 0 Å². The topological polar surface area (TPSA) is 70.0 Å². The monoisotopic (exact) mass is 336 g/mol. The van der Waals surface area contributed by atoms with Crippen molar-refractivity contribution < 1.29 is 4.74 Å². The van der Waals surface area contributed by atoms with Gasteiger partial charge in [-0.05, 0) is 24.5 Å². The van der Waals surface area contributed by atoms with Gasteiger partial charge in [0.1, 0.15) is 17.6 Å². The average Bonchev–Trinajstić information content (AvgIpc) is 2.59. The molecular formula is C20H24N4O. The van der Waals surface area contributed by atoms with Crippen LogP contribution in [-0.4, -0.2) is 11.5 Å². The van der Waals surface area contributed by atoms with Gasteiger partial charge in [0.05, 0.1) is 6.20 Å². The van der Waals surface area contributed by atoms with Crippen LogP contribution >= 0.6 is 0 Å². The maximum atomic E-state index is 9.42. The summed E-state index contributed by atoms with van der Waals surface area (Å²) < 4.78 is 5.89. The number of nitrogens with zero attached hydrogens (tertiary/aromatic N) is 2. The lowest BCUT2D eigenvalue weighted by molar-refractivity contribution is 0.425. The van der Waals surface area contributed by atoms with Crippen molar-refractivity contribution >= 4 is 11.5 Å². The third-order valence-corrected chi connectivity index (χ3v) is 3.51. The zero-order valence-corrected chi connectivity index (χ0v) is 15.1. The minimum absolute atomic E-state index is 0.152. The highest BCUT2D eigenvalue weighted by Crippen LogP contribution is 2.33. The zero-order chi connectivity index (χ0) is 18.3. The Hall–Kier alpha value is -3.00. The quantitative estimate of drug-likeness (QED) is 0.593. The van der Waals surface area contributed by atoms with Crippen LogP contribution in [0.4, 0.5) is 11.5 Å². The number of allylic oxidation sites excluding steroid dienone is 1. The van der Waals surface area contributed by atoms with E-state index in [2.05, 4.69) is 42.5 Å². The molecule has 0 saturated carbocycles. The Bertz CT molecular complexity index is 771. The molecule has 0 fully saturated rings. The first-order valence-electron chi connectivity index (χ1n) is 8.28. The smallest absolute Gasteiger partial charge is 0.219 e. The van der Waals surface area contributed by atoms with Gasteiger partial charge in [0.25, 0.3) is 0 Å². The Kier molecular flexibility index (Phi) is 6.02. The summed E-state index contributed by atoms with van der Waals surface area (Å²) in [5.74, 6) is 1.53. The van der Waals surface area contributed by atoms with Crippen LogP contribution in [0.15, 0.2) is 54.6 Å². The molecule has 2 N–H and O–H groups in total. The van der Waals surface area contributed by atoms with E-state index >= 15 is 0 Å². The van der Waals surface area contributed by atoms with Crippen molar-refractivity contribution in [2.45, 2.75) is 33.1 Å². The minimum Gasteiger partial charge on any atom is -0.444 e. The van der Waals surface area contributed by atoms with Crippen molar-refractivity contribution in [2.24, 2.45) is 0 Å². The number of para-hydroxylation sites is 1. The summed E-state index contributed by atoms with van der Waals surface area (Å²) >= 11 is 0. The molecule has 1 heterocycles. The van der Waals surface area contributed by atoms with Gasteiger partial charge < -0.3 is 15.4 Å². The van der Waals surface area contributed by atoms with Gasteiger partial charge in [-0.3, -0.25) is 0 Å². The van der Waals surface area contributed by atoms with Crippen molar-refractivity contribution in [1.82, 2.24) is 4.98 Å². The normalized spacial score (nSPS) is 11.6. The van der Waals surface area contributed by atoms with E-state index in [0.29, 0.717) is 5.75 Å². The molecule has 5 heteroatoms. The van der Waals surface area contributed by atoms with Crippen LogP contribution < -0.4 is 15.4 Å². The molecule has 2 aromatic rings. The van der Waals surface area contributed by atoms with E-state index in [1.54, 1.807) is 12.4 Å². The third-order valence-electron chi connectivity index (χ3n) is 3.51. The lowest BCUT2D eigenvalue weighted by atomic mass is 9.87. The number of anilines is 2. The number of aromatic nitrogens is 1. The van der Waals surface area contributed by atoms with E-state index in [9.17, 15) is 5.26 Å². The number of hydrogen-bond donors (Lipinski definition) is 2. The van der Waals surface area contributed by atoms with Gasteiger partial charge in [-0.25, -0.2) is 4.98 Å². The summed E-state index contributed by atoms with van der Waals surface area (Å²) in [4.78, 5) is 4.41. The Labute approximate surface area is 149 Å². The molecule has 2 rings (SSSR count). The highest BCUT2D eigenvalue weighted by molar-refractivity contribution is 5.50. The zero-order valence-electron chi connectivity index (χ0n) is 15.1. The number of pyridine rings is 1. The molecule has 1 aromatic heterocycles. The van der Waals surface area contributed by atoms with Crippen LogP contribution in [0.3, 0.4) is 0 Å². The van der Waals surface area contributed by atoms with Crippen LogP contribution in [0.5, 0.6) is 5.75 Å². The summed E-state index contributed by atoms with van der Waals surface area (Å²) in [5.41, 5.74) is 1.67. The van der Waals surface area contributed by atoms with Gasteiger partial charge in [0.15, 0.2) is 0 Å². The molecule has 0 spiro atoms. The SMILES string of the molecule is CCNc1cc(O/C(C#N)=C/Nc2ccccc2)c(C(C)(C)C)cn1. The third kappa shape index (κ3) is 5.25. The van der Waals surface area contributed by atoms with Crippen molar-refractivity contribution in [3.05, 3.63) is 60.1 Å². The summed E-state index contributed by atoms with van der Waals surface area (Å²) in [6, 6.07) is 13.5. The molecule has 130 valence electrons. The second-order valence-electron chi connectivity index (χ2n) is 6.58. The van der Waals surface area contributed by atoms with Gasteiger partial charge >= 0.3 is 0 Å². The molecule has 0 bridgehead atoms. The number of benzene rings is 1. The van der Waals surface area contributed by atoms with Crippen LogP contribution in [0.2, 0.25) is 0 Å². The largest absolute Gasteiger partial charge is 0.444 e. The lowest BCUT2D eigenvalue weighted by Gasteiger charge is -2.22. The summed E-state index contributed by atoms with van der Waals surface area (Å²) in [7, 11) is 0. The van der Waals surface area contributed by atoms with Crippen molar-refractivity contribution in [3.63, 3.8) is 0 Å². The molecule has 0 unspecified atom stereocenters. The van der Waals surface area contributed by atoms with E-state index in [1.807, 2.05) is 43.3 Å². The maximum Gasteiger partial charge on any atom is 0.219 e. The molecular weight excluding hydrogens is 312 g/mol. The Morgan fingerprint density at radius 2 is 2.00 bits per heavy atom. The molecule has 0 aliphatic heterocycles. The van der Waals surface area contributed by atoms with Crippen molar-refractivity contribution in [1.29, 1.82) is 5.26 Å². The Morgan fingerprint density at radius 3 is 2.60 bits per heavy atom. The van der Waals surface area contributed by atoms with E-state index in [1.165, 1.54) is 0 Å². The number of rotatable bonds is 6. The number of nitrogens with one attached hydrogen (secondary N) is 2. The standard InChI is InChI=1S/C20H24N4O/c1-5-22-19-11-18(17(14-24-19)20(2,3)4)25-16(12-21)13-23-15-9-7-6-8-10-15/h6-11,13-14,23H,5H2,1-4H3,(H,22,24)/b16-13+. The second-order valence-corrected chi connectivity index (χ2v) is 6.58. The van der Waals surface area contributed by atoms with Crippen molar-refractivity contribution in [3.8, 4) is 11.8 Å². The molecule has 25 heavy (non-hydrogen) atoms. The second kappa shape index (κ2) is 8.20. The van der Waals surface area contributed by atoms with E-state index in [-0.39, 0.29) is 11.2 Å². The van der Waals surface area contributed by atoms with E-state index in [0.717, 1.165) is 23.6 Å². The van der Waals surface area contributed by atoms with Gasteiger partial charge in [-0.2, -0.15) is 5.26 Å². The van der Waals surface area contributed by atoms with Crippen LogP contribution in [-0.2, 0) is 5.41 Å². The van der Waals surface area contributed by atoms with Gasteiger partial charge in [0.2, 0.25) is 5.76 Å². The van der Waals surface area contributed by atoms with Crippen molar-refractivity contribution in [2.75, 3.05) is 17.2 Å².